The summed E-state index contributed by atoms with van der Waals surface area (Å²) in [5, 5.41) is 3.15. The molecule has 0 radical (unpaired) electrons. The van der Waals surface area contributed by atoms with E-state index in [1.54, 1.807) is 0 Å². The van der Waals surface area contributed by atoms with Crippen molar-refractivity contribution in [1.82, 2.24) is 5.32 Å². The Hall–Kier alpha value is -0.240. The largest absolute Gasteiger partial charge is 0.377 e. The van der Waals surface area contributed by atoms with Crippen LogP contribution < -0.4 is 5.32 Å². The maximum absolute atomic E-state index is 4.47. The molecule has 1 aliphatic heterocycles. The van der Waals surface area contributed by atoms with Crippen molar-refractivity contribution < 1.29 is 0 Å². The predicted molar refractivity (Wildman–Crippen MR) is 56.3 cm³/mol. The van der Waals surface area contributed by atoms with E-state index in [0.717, 1.165) is 13.0 Å². The highest BCUT2D eigenvalue weighted by atomic mass is 35.5. The lowest BCUT2D eigenvalue weighted by Gasteiger charge is -2.02. The minimum Gasteiger partial charge on any atom is -0.377 e. The zero-order valence-corrected chi connectivity index (χ0v) is 8.62. The average molecular weight is 191 g/mol. The molecule has 0 aromatic rings. The molecule has 0 aliphatic carbocycles. The molecule has 12 heavy (non-hydrogen) atoms. The van der Waals surface area contributed by atoms with Gasteiger partial charge in [-0.05, 0) is 12.8 Å². The summed E-state index contributed by atoms with van der Waals surface area (Å²) >= 11 is 0. The molecule has 0 atom stereocenters. The van der Waals surface area contributed by atoms with Crippen LogP contribution in [-0.2, 0) is 0 Å². The standard InChI is InChI=1S/C9H18N2.ClH/c1-10-9-7-5-3-2-4-6-8-11-9;/h2-8H2,1H3,(H,10,11);1H. The van der Waals surface area contributed by atoms with E-state index in [1.165, 1.54) is 37.9 Å². The Morgan fingerprint density at radius 1 is 1.08 bits per heavy atom. The third-order valence-corrected chi connectivity index (χ3v) is 2.16. The van der Waals surface area contributed by atoms with Crippen LogP contribution in [0.3, 0.4) is 0 Å². The third-order valence-electron chi connectivity index (χ3n) is 2.16. The number of rotatable bonds is 0. The van der Waals surface area contributed by atoms with E-state index in [0.29, 0.717) is 0 Å². The Balaban J connectivity index is 0.00000121. The molecule has 3 heteroatoms. The topological polar surface area (TPSA) is 24.4 Å². The number of nitrogens with zero attached hydrogens (tertiary/aromatic N) is 1. The Bertz CT molecular complexity index is 134. The van der Waals surface area contributed by atoms with E-state index in [1.807, 2.05) is 7.05 Å². The SMILES string of the molecule is CNC1=NCCCCCCC1.Cl. The zero-order valence-electron chi connectivity index (χ0n) is 7.81. The van der Waals surface area contributed by atoms with Crippen molar-refractivity contribution >= 4 is 18.2 Å². The Morgan fingerprint density at radius 3 is 2.50 bits per heavy atom. The molecular weight excluding hydrogens is 172 g/mol. The molecule has 0 saturated heterocycles. The molecule has 0 aromatic carbocycles. The minimum absolute atomic E-state index is 0. The van der Waals surface area contributed by atoms with Gasteiger partial charge >= 0.3 is 0 Å². The number of hydrogen-bond donors (Lipinski definition) is 1. The van der Waals surface area contributed by atoms with E-state index in [-0.39, 0.29) is 12.4 Å². The molecule has 2 nitrogen and oxygen atoms in total. The summed E-state index contributed by atoms with van der Waals surface area (Å²) < 4.78 is 0. The van der Waals surface area contributed by atoms with Gasteiger partial charge in [0.1, 0.15) is 0 Å². The number of amidine groups is 1. The summed E-state index contributed by atoms with van der Waals surface area (Å²) in [5.41, 5.74) is 0. The van der Waals surface area contributed by atoms with Gasteiger partial charge < -0.3 is 5.32 Å². The zero-order chi connectivity index (χ0) is 7.94. The molecule has 0 aromatic heterocycles. The van der Waals surface area contributed by atoms with Crippen LogP contribution in [-0.4, -0.2) is 19.4 Å². The maximum Gasteiger partial charge on any atom is 0.0960 e. The smallest absolute Gasteiger partial charge is 0.0960 e. The van der Waals surface area contributed by atoms with E-state index >= 15 is 0 Å². The van der Waals surface area contributed by atoms with Gasteiger partial charge in [-0.15, -0.1) is 12.4 Å². The molecule has 0 saturated carbocycles. The van der Waals surface area contributed by atoms with E-state index < -0.39 is 0 Å². The summed E-state index contributed by atoms with van der Waals surface area (Å²) in [7, 11) is 1.97. The van der Waals surface area contributed by atoms with Gasteiger partial charge in [-0.25, -0.2) is 0 Å². The highest BCUT2D eigenvalue weighted by Gasteiger charge is 1.99. The number of aliphatic imine (C=N–C) groups is 1. The summed E-state index contributed by atoms with van der Waals surface area (Å²) in [5.74, 6) is 1.20. The fraction of sp³-hybridized carbons (Fsp3) is 0.889. The van der Waals surface area contributed by atoms with Crippen LogP contribution in [0.15, 0.2) is 4.99 Å². The van der Waals surface area contributed by atoms with Crippen LogP contribution in [0, 0.1) is 0 Å². The number of nitrogens with one attached hydrogen (secondary N) is 1. The first kappa shape index (κ1) is 11.8. The van der Waals surface area contributed by atoms with Crippen molar-refractivity contribution in [2.75, 3.05) is 13.6 Å². The van der Waals surface area contributed by atoms with E-state index in [4.69, 9.17) is 0 Å². The van der Waals surface area contributed by atoms with Crippen LogP contribution in [0.5, 0.6) is 0 Å². The second-order valence-corrected chi connectivity index (χ2v) is 3.10. The Labute approximate surface area is 81.3 Å². The van der Waals surface area contributed by atoms with Gasteiger partial charge in [0.15, 0.2) is 0 Å². The van der Waals surface area contributed by atoms with Crippen molar-refractivity contribution in [3.05, 3.63) is 0 Å². The average Bonchev–Trinajstić information content (AvgIpc) is 2.16. The lowest BCUT2D eigenvalue weighted by molar-refractivity contribution is 0.638. The monoisotopic (exact) mass is 190 g/mol. The fourth-order valence-electron chi connectivity index (χ4n) is 1.43. The summed E-state index contributed by atoms with van der Waals surface area (Å²) in [6.45, 7) is 1.02. The van der Waals surface area contributed by atoms with Gasteiger partial charge in [0.25, 0.3) is 0 Å². The van der Waals surface area contributed by atoms with Crippen LogP contribution in [0.2, 0.25) is 0 Å². The van der Waals surface area contributed by atoms with Crippen molar-refractivity contribution in [3.8, 4) is 0 Å². The predicted octanol–water partition coefficient (Wildman–Crippen LogP) is 2.38. The van der Waals surface area contributed by atoms with Gasteiger partial charge in [0.2, 0.25) is 0 Å². The fourth-order valence-corrected chi connectivity index (χ4v) is 1.43. The molecule has 1 rings (SSSR count). The highest BCUT2D eigenvalue weighted by molar-refractivity contribution is 5.85. The van der Waals surface area contributed by atoms with Crippen molar-refractivity contribution in [3.63, 3.8) is 0 Å². The first-order valence-corrected chi connectivity index (χ1v) is 4.64. The third kappa shape index (κ3) is 4.60. The minimum atomic E-state index is 0. The van der Waals surface area contributed by atoms with Crippen molar-refractivity contribution in [1.29, 1.82) is 0 Å². The first-order chi connectivity index (χ1) is 5.43. The molecule has 0 unspecified atom stereocenters. The molecule has 72 valence electrons. The maximum atomic E-state index is 4.47. The van der Waals surface area contributed by atoms with E-state index in [2.05, 4.69) is 10.3 Å². The summed E-state index contributed by atoms with van der Waals surface area (Å²) in [6, 6.07) is 0. The molecule has 0 amide bonds. The summed E-state index contributed by atoms with van der Waals surface area (Å²) in [6.07, 6.45) is 7.86. The Kier molecular flexibility index (Phi) is 7.26. The van der Waals surface area contributed by atoms with E-state index in [9.17, 15) is 0 Å². The van der Waals surface area contributed by atoms with Crippen LogP contribution in [0.25, 0.3) is 0 Å². The van der Waals surface area contributed by atoms with Gasteiger partial charge in [0, 0.05) is 20.0 Å². The second-order valence-electron chi connectivity index (χ2n) is 3.10. The lowest BCUT2D eigenvalue weighted by Crippen LogP contribution is -2.18. The van der Waals surface area contributed by atoms with Crippen molar-refractivity contribution in [2.24, 2.45) is 4.99 Å². The van der Waals surface area contributed by atoms with Gasteiger partial charge in [-0.3, -0.25) is 4.99 Å². The molecule has 1 aliphatic rings. The highest BCUT2D eigenvalue weighted by Crippen LogP contribution is 2.08. The molecule has 0 fully saturated rings. The van der Waals surface area contributed by atoms with Gasteiger partial charge in [-0.1, -0.05) is 19.3 Å². The normalized spacial score (nSPS) is 19.2. The molecule has 1 N–H and O–H groups in total. The number of halogens is 1. The van der Waals surface area contributed by atoms with Crippen LogP contribution >= 0.6 is 12.4 Å². The van der Waals surface area contributed by atoms with Crippen LogP contribution in [0.4, 0.5) is 0 Å². The van der Waals surface area contributed by atoms with Gasteiger partial charge in [-0.2, -0.15) is 0 Å². The number of hydrogen-bond acceptors (Lipinski definition) is 2. The van der Waals surface area contributed by atoms with Crippen molar-refractivity contribution in [2.45, 2.75) is 38.5 Å². The van der Waals surface area contributed by atoms with Crippen LogP contribution in [0.1, 0.15) is 38.5 Å². The lowest BCUT2D eigenvalue weighted by atomic mass is 10.1. The van der Waals surface area contributed by atoms with Gasteiger partial charge in [0.05, 0.1) is 5.84 Å². The molecule has 1 heterocycles. The second kappa shape index (κ2) is 7.41. The molecular formula is C9H19ClN2. The molecule has 0 bridgehead atoms. The Morgan fingerprint density at radius 2 is 1.75 bits per heavy atom. The summed E-state index contributed by atoms with van der Waals surface area (Å²) in [4.78, 5) is 4.47. The first-order valence-electron chi connectivity index (χ1n) is 4.64. The molecule has 0 spiro atoms. The quantitative estimate of drug-likeness (QED) is 0.623.